The lowest BCUT2D eigenvalue weighted by Gasteiger charge is -2.29. The highest BCUT2D eigenvalue weighted by molar-refractivity contribution is 9.10. The lowest BCUT2D eigenvalue weighted by Crippen LogP contribution is -2.31. The topological polar surface area (TPSA) is 37.4 Å². The lowest BCUT2D eigenvalue weighted by molar-refractivity contribution is 0.469. The van der Waals surface area contributed by atoms with Crippen LogP contribution in [0.2, 0.25) is 0 Å². The first-order valence-electron chi connectivity index (χ1n) is 7.30. The highest BCUT2D eigenvalue weighted by Gasteiger charge is 2.31. The van der Waals surface area contributed by atoms with Crippen LogP contribution in [0.5, 0.6) is 0 Å². The Bertz CT molecular complexity index is 937. The van der Waals surface area contributed by atoms with Crippen LogP contribution in [0.15, 0.2) is 70.9 Å². The molecule has 0 aromatic heterocycles. The molecule has 0 spiro atoms. The number of rotatable bonds is 3. The molecular weight excluding hydrogens is 393 g/mol. The van der Waals surface area contributed by atoms with E-state index in [0.717, 1.165) is 0 Å². The molecule has 0 amide bonds. The smallest absolute Gasteiger partial charge is 0.264 e. The van der Waals surface area contributed by atoms with Gasteiger partial charge in [0.1, 0.15) is 5.82 Å². The lowest BCUT2D eigenvalue weighted by atomic mass is 10.2. The van der Waals surface area contributed by atoms with E-state index in [1.165, 1.54) is 10.4 Å². The molecule has 1 aliphatic heterocycles. The van der Waals surface area contributed by atoms with Crippen molar-refractivity contribution in [3.05, 3.63) is 87.8 Å². The van der Waals surface area contributed by atoms with E-state index in [0.29, 0.717) is 21.3 Å². The van der Waals surface area contributed by atoms with Crippen molar-refractivity contribution in [2.45, 2.75) is 13.5 Å². The van der Waals surface area contributed by atoms with Gasteiger partial charge in [-0.3, -0.25) is 4.31 Å². The molecule has 24 heavy (non-hydrogen) atoms. The van der Waals surface area contributed by atoms with Crippen LogP contribution in [-0.4, -0.2) is 12.7 Å². The number of sulfonamides is 1. The van der Waals surface area contributed by atoms with Crippen molar-refractivity contribution >= 4 is 30.9 Å². The fraction of sp³-hybridized carbons (Fsp3) is 0.111. The summed E-state index contributed by atoms with van der Waals surface area (Å²) in [7, 11) is -3.74. The number of benzene rings is 2. The molecule has 0 radical (unpaired) electrons. The summed E-state index contributed by atoms with van der Waals surface area (Å²) in [5.74, 6) is -0.441. The van der Waals surface area contributed by atoms with Gasteiger partial charge in [-0.25, -0.2) is 12.8 Å². The molecule has 0 saturated carbocycles. The minimum atomic E-state index is -3.74. The van der Waals surface area contributed by atoms with Crippen LogP contribution in [0.4, 0.5) is 4.39 Å². The Morgan fingerprint density at radius 3 is 2.46 bits per heavy atom. The fourth-order valence-electron chi connectivity index (χ4n) is 2.54. The van der Waals surface area contributed by atoms with E-state index in [1.54, 1.807) is 55.5 Å². The average Bonchev–Trinajstić information content (AvgIpc) is 2.53. The summed E-state index contributed by atoms with van der Waals surface area (Å²) in [6, 6.07) is 13.5. The van der Waals surface area contributed by atoms with E-state index in [4.69, 9.17) is 0 Å². The van der Waals surface area contributed by atoms with Crippen LogP contribution in [0, 0.1) is 5.82 Å². The summed E-state index contributed by atoms with van der Waals surface area (Å²) in [5, 5.41) is 0. The first-order valence-corrected chi connectivity index (χ1v) is 9.53. The van der Waals surface area contributed by atoms with Crippen LogP contribution in [0.25, 0.3) is 4.91 Å². The summed E-state index contributed by atoms with van der Waals surface area (Å²) in [6.45, 7) is 1.65. The van der Waals surface area contributed by atoms with Crippen molar-refractivity contribution in [1.29, 1.82) is 0 Å². The van der Waals surface area contributed by atoms with Crippen molar-refractivity contribution in [3.63, 3.8) is 0 Å². The Morgan fingerprint density at radius 1 is 1.08 bits per heavy atom. The molecule has 0 atom stereocenters. The second-order valence-electron chi connectivity index (χ2n) is 5.45. The molecule has 3 nitrogen and oxygen atoms in total. The first-order chi connectivity index (χ1) is 11.4. The highest BCUT2D eigenvalue weighted by Crippen LogP contribution is 2.32. The Labute approximate surface area is 149 Å². The molecular formula is C18H15BrFNO2S. The van der Waals surface area contributed by atoms with Gasteiger partial charge in [0, 0.05) is 15.7 Å². The van der Waals surface area contributed by atoms with E-state index in [2.05, 4.69) is 15.9 Å². The van der Waals surface area contributed by atoms with Crippen molar-refractivity contribution in [1.82, 2.24) is 4.31 Å². The van der Waals surface area contributed by atoms with E-state index in [1.807, 2.05) is 6.07 Å². The van der Waals surface area contributed by atoms with E-state index in [-0.39, 0.29) is 11.4 Å². The molecule has 0 bridgehead atoms. The SMILES string of the molecule is CC1=CC=C(c2ccccc2)S(=O)(=O)N1Cc1ccc(Br)cc1F. The number of hydrogen-bond acceptors (Lipinski definition) is 2. The Hall–Kier alpha value is -1.92. The molecule has 0 N–H and O–H groups in total. The maximum Gasteiger partial charge on any atom is 0.264 e. The van der Waals surface area contributed by atoms with Gasteiger partial charge in [-0.1, -0.05) is 52.3 Å². The summed E-state index contributed by atoms with van der Waals surface area (Å²) >= 11 is 3.20. The number of halogens is 2. The van der Waals surface area contributed by atoms with Gasteiger partial charge in [-0.15, -0.1) is 0 Å². The Kier molecular flexibility index (Phi) is 4.60. The molecule has 2 aromatic carbocycles. The van der Waals surface area contributed by atoms with Gasteiger partial charge in [0.05, 0.1) is 11.4 Å². The summed E-state index contributed by atoms with van der Waals surface area (Å²) in [6.07, 6.45) is 3.33. The number of allylic oxidation sites excluding steroid dienone is 3. The monoisotopic (exact) mass is 407 g/mol. The molecule has 0 aliphatic carbocycles. The normalized spacial score (nSPS) is 16.5. The van der Waals surface area contributed by atoms with Gasteiger partial charge >= 0.3 is 0 Å². The van der Waals surface area contributed by atoms with E-state index in [9.17, 15) is 12.8 Å². The van der Waals surface area contributed by atoms with Crippen LogP contribution < -0.4 is 0 Å². The first kappa shape index (κ1) is 16.9. The molecule has 3 rings (SSSR count). The zero-order valence-corrected chi connectivity index (χ0v) is 15.3. The highest BCUT2D eigenvalue weighted by atomic mass is 79.9. The van der Waals surface area contributed by atoms with Crippen molar-refractivity contribution in [2.24, 2.45) is 0 Å². The third kappa shape index (κ3) is 3.16. The van der Waals surface area contributed by atoms with Crippen LogP contribution >= 0.6 is 15.9 Å². The molecule has 2 aromatic rings. The van der Waals surface area contributed by atoms with Crippen LogP contribution in [0.1, 0.15) is 18.1 Å². The third-order valence-corrected chi connectivity index (χ3v) is 6.24. The number of nitrogens with zero attached hydrogens (tertiary/aromatic N) is 1. The zero-order chi connectivity index (χ0) is 17.3. The summed E-state index contributed by atoms with van der Waals surface area (Å²) < 4.78 is 42.0. The maximum atomic E-state index is 14.1. The maximum absolute atomic E-state index is 14.1. The summed E-state index contributed by atoms with van der Waals surface area (Å²) in [5.41, 5.74) is 1.49. The average molecular weight is 408 g/mol. The van der Waals surface area contributed by atoms with Crippen molar-refractivity contribution < 1.29 is 12.8 Å². The van der Waals surface area contributed by atoms with Gasteiger partial charge < -0.3 is 0 Å². The minimum absolute atomic E-state index is 0.0477. The van der Waals surface area contributed by atoms with Gasteiger partial charge in [-0.05, 0) is 36.8 Å². The fourth-order valence-corrected chi connectivity index (χ4v) is 4.53. The largest absolute Gasteiger partial charge is 0.266 e. The van der Waals surface area contributed by atoms with Gasteiger partial charge in [0.15, 0.2) is 0 Å². The van der Waals surface area contributed by atoms with E-state index >= 15 is 0 Å². The quantitative estimate of drug-likeness (QED) is 0.740. The third-order valence-electron chi connectivity index (χ3n) is 3.82. The predicted octanol–water partition coefficient (Wildman–Crippen LogP) is 4.68. The minimum Gasteiger partial charge on any atom is -0.266 e. The van der Waals surface area contributed by atoms with Gasteiger partial charge in [0.25, 0.3) is 10.0 Å². The second-order valence-corrected chi connectivity index (χ2v) is 8.20. The van der Waals surface area contributed by atoms with E-state index < -0.39 is 15.8 Å². The van der Waals surface area contributed by atoms with Crippen molar-refractivity contribution in [3.8, 4) is 0 Å². The Morgan fingerprint density at radius 2 is 1.79 bits per heavy atom. The number of hydrogen-bond donors (Lipinski definition) is 0. The van der Waals surface area contributed by atoms with Crippen LogP contribution in [-0.2, 0) is 16.6 Å². The van der Waals surface area contributed by atoms with Gasteiger partial charge in [0.2, 0.25) is 0 Å². The molecule has 1 aliphatic rings. The second kappa shape index (κ2) is 6.53. The standard InChI is InChI=1S/C18H15BrFNO2S/c1-13-7-10-18(14-5-3-2-4-6-14)24(22,23)21(13)12-15-8-9-16(19)11-17(15)20/h2-11H,12H2,1H3. The summed E-state index contributed by atoms with van der Waals surface area (Å²) in [4.78, 5) is 0.214. The molecule has 0 fully saturated rings. The van der Waals surface area contributed by atoms with Crippen molar-refractivity contribution in [2.75, 3.05) is 0 Å². The predicted molar refractivity (Wildman–Crippen MR) is 96.7 cm³/mol. The van der Waals surface area contributed by atoms with Crippen LogP contribution in [0.3, 0.4) is 0 Å². The molecule has 0 unspecified atom stereocenters. The zero-order valence-electron chi connectivity index (χ0n) is 12.9. The molecule has 124 valence electrons. The molecule has 0 saturated heterocycles. The molecule has 6 heteroatoms. The van der Waals surface area contributed by atoms with Gasteiger partial charge in [-0.2, -0.15) is 0 Å². The Balaban J connectivity index is 2.00. The molecule has 1 heterocycles.